The van der Waals surface area contributed by atoms with Crippen LogP contribution in [0.15, 0.2) is 24.3 Å². The Kier molecular flexibility index (Phi) is 7.72. The number of hydrogen-bond donors (Lipinski definition) is 2. The lowest BCUT2D eigenvalue weighted by Crippen LogP contribution is -2.45. The molecule has 0 aliphatic heterocycles. The summed E-state index contributed by atoms with van der Waals surface area (Å²) in [6.45, 7) is 5.72. The Bertz CT molecular complexity index is 495. The molecule has 0 fully saturated rings. The molecular weight excluding hydrogens is 294 g/mol. The van der Waals surface area contributed by atoms with E-state index in [9.17, 15) is 19.5 Å². The van der Waals surface area contributed by atoms with Crippen molar-refractivity contribution in [3.8, 4) is 0 Å². The minimum Gasteiger partial charge on any atom is -0.480 e. The number of amides is 1. The van der Waals surface area contributed by atoms with Gasteiger partial charge in [0.15, 0.2) is 5.78 Å². The molecule has 128 valence electrons. The van der Waals surface area contributed by atoms with Crippen molar-refractivity contribution in [2.45, 2.75) is 52.5 Å². The van der Waals surface area contributed by atoms with E-state index in [-0.39, 0.29) is 35.9 Å². The molecule has 5 nitrogen and oxygen atoms in total. The second-order valence-corrected chi connectivity index (χ2v) is 6.12. The second-order valence-electron chi connectivity index (χ2n) is 6.12. The molecule has 23 heavy (non-hydrogen) atoms. The van der Waals surface area contributed by atoms with E-state index >= 15 is 0 Å². The summed E-state index contributed by atoms with van der Waals surface area (Å²) in [5.74, 6) is -1.80. The third-order valence-electron chi connectivity index (χ3n) is 4.40. The average Bonchev–Trinajstić information content (AvgIpc) is 2.84. The number of carboxylic acid groups (broad SMARTS) is 1. The molecular formula is C18H27NO4. The van der Waals surface area contributed by atoms with E-state index in [4.69, 9.17) is 0 Å². The van der Waals surface area contributed by atoms with E-state index in [1.165, 1.54) is 6.08 Å². The molecule has 0 saturated heterocycles. The molecule has 1 aliphatic rings. The highest BCUT2D eigenvalue weighted by atomic mass is 16.4. The van der Waals surface area contributed by atoms with E-state index in [1.54, 1.807) is 13.0 Å². The molecule has 1 aliphatic carbocycles. The Labute approximate surface area is 137 Å². The lowest BCUT2D eigenvalue weighted by Gasteiger charge is -2.22. The molecule has 5 heteroatoms. The van der Waals surface area contributed by atoms with Gasteiger partial charge in [0.2, 0.25) is 5.91 Å². The standard InChI is InChI=1S/C18H27NO4/c1-4-6-7-8-14-13(9-10-15(14)20)11-16(21)19-17(18(22)23)12(3)5-2/h6-7,9-10,12-14,17H,4-5,8,11H2,1-3H3,(H,19,21)(H,22,23)/b7-6-/t12-,13+,14+,17-/m0/s1. The van der Waals surface area contributed by atoms with Crippen molar-refractivity contribution in [2.75, 3.05) is 0 Å². The van der Waals surface area contributed by atoms with Gasteiger partial charge in [-0.05, 0) is 30.8 Å². The van der Waals surface area contributed by atoms with E-state index in [1.807, 2.05) is 26.0 Å². The summed E-state index contributed by atoms with van der Waals surface area (Å²) in [6.07, 6.45) is 9.62. The van der Waals surface area contributed by atoms with Crippen molar-refractivity contribution in [1.29, 1.82) is 0 Å². The van der Waals surface area contributed by atoms with Crippen LogP contribution in [0.2, 0.25) is 0 Å². The molecule has 0 unspecified atom stereocenters. The van der Waals surface area contributed by atoms with Gasteiger partial charge >= 0.3 is 5.97 Å². The Morgan fingerprint density at radius 1 is 1.35 bits per heavy atom. The van der Waals surface area contributed by atoms with Crippen LogP contribution in [0.3, 0.4) is 0 Å². The van der Waals surface area contributed by atoms with Crippen LogP contribution in [-0.2, 0) is 14.4 Å². The van der Waals surface area contributed by atoms with Gasteiger partial charge in [0.25, 0.3) is 0 Å². The SMILES string of the molecule is CC/C=C\C[C@H]1C(=O)C=C[C@@H]1CC(=O)N[C@H](C(=O)O)[C@@H](C)CC. The molecule has 0 spiro atoms. The Morgan fingerprint density at radius 3 is 2.61 bits per heavy atom. The molecule has 0 radical (unpaired) electrons. The lowest BCUT2D eigenvalue weighted by atomic mass is 9.88. The highest BCUT2D eigenvalue weighted by molar-refractivity contribution is 5.95. The quantitative estimate of drug-likeness (QED) is 0.640. The summed E-state index contributed by atoms with van der Waals surface area (Å²) in [7, 11) is 0. The van der Waals surface area contributed by atoms with Crippen LogP contribution in [0.4, 0.5) is 0 Å². The van der Waals surface area contributed by atoms with Crippen LogP contribution in [0, 0.1) is 17.8 Å². The molecule has 0 aromatic carbocycles. The zero-order chi connectivity index (χ0) is 17.4. The predicted molar refractivity (Wildman–Crippen MR) is 88.8 cm³/mol. The second kappa shape index (κ2) is 9.28. The van der Waals surface area contributed by atoms with Gasteiger partial charge in [0.05, 0.1) is 0 Å². The van der Waals surface area contributed by atoms with Crippen LogP contribution in [-0.4, -0.2) is 28.8 Å². The average molecular weight is 321 g/mol. The fraction of sp³-hybridized carbons (Fsp3) is 0.611. The molecule has 1 rings (SSSR count). The number of carbonyl (C=O) groups excluding carboxylic acids is 2. The van der Waals surface area contributed by atoms with Crippen molar-refractivity contribution >= 4 is 17.7 Å². The summed E-state index contributed by atoms with van der Waals surface area (Å²) in [5.41, 5.74) is 0. The Morgan fingerprint density at radius 2 is 2.04 bits per heavy atom. The number of rotatable bonds is 9. The van der Waals surface area contributed by atoms with Crippen molar-refractivity contribution in [2.24, 2.45) is 17.8 Å². The maximum Gasteiger partial charge on any atom is 0.326 e. The van der Waals surface area contributed by atoms with Gasteiger partial charge in [0.1, 0.15) is 6.04 Å². The number of nitrogens with one attached hydrogen (secondary N) is 1. The van der Waals surface area contributed by atoms with Gasteiger partial charge in [-0.15, -0.1) is 0 Å². The third-order valence-corrected chi connectivity index (χ3v) is 4.40. The number of aliphatic carboxylic acids is 1. The molecule has 0 heterocycles. The van der Waals surface area contributed by atoms with E-state index in [0.29, 0.717) is 12.8 Å². The fourth-order valence-electron chi connectivity index (χ4n) is 2.73. The smallest absolute Gasteiger partial charge is 0.326 e. The fourth-order valence-corrected chi connectivity index (χ4v) is 2.73. The maximum absolute atomic E-state index is 12.2. The lowest BCUT2D eigenvalue weighted by molar-refractivity contribution is -0.143. The van der Waals surface area contributed by atoms with E-state index < -0.39 is 12.0 Å². The van der Waals surface area contributed by atoms with E-state index in [2.05, 4.69) is 5.32 Å². The van der Waals surface area contributed by atoms with Crippen LogP contribution >= 0.6 is 0 Å². The number of allylic oxidation sites excluding steroid dienone is 4. The van der Waals surface area contributed by atoms with Gasteiger partial charge in [-0.25, -0.2) is 4.79 Å². The van der Waals surface area contributed by atoms with Gasteiger partial charge in [-0.1, -0.05) is 45.4 Å². The Balaban J connectivity index is 2.64. The largest absolute Gasteiger partial charge is 0.480 e. The highest BCUT2D eigenvalue weighted by Crippen LogP contribution is 2.28. The predicted octanol–water partition coefficient (Wildman–Crippen LogP) is 2.72. The molecule has 4 atom stereocenters. The van der Waals surface area contributed by atoms with Gasteiger partial charge < -0.3 is 10.4 Å². The number of ketones is 1. The number of carbonyl (C=O) groups is 3. The first-order valence-corrected chi connectivity index (χ1v) is 8.29. The number of carboxylic acids is 1. The summed E-state index contributed by atoms with van der Waals surface area (Å²) in [4.78, 5) is 35.3. The minimum absolute atomic E-state index is 0.0419. The molecule has 2 N–H and O–H groups in total. The molecule has 0 bridgehead atoms. The normalized spacial score (nSPS) is 23.2. The van der Waals surface area contributed by atoms with Crippen molar-refractivity contribution < 1.29 is 19.5 Å². The summed E-state index contributed by atoms with van der Waals surface area (Å²) < 4.78 is 0. The van der Waals surface area contributed by atoms with Crippen molar-refractivity contribution in [3.05, 3.63) is 24.3 Å². The molecule has 0 saturated carbocycles. The van der Waals surface area contributed by atoms with Crippen molar-refractivity contribution in [3.63, 3.8) is 0 Å². The van der Waals surface area contributed by atoms with E-state index in [0.717, 1.165) is 6.42 Å². The first kappa shape index (κ1) is 19.1. The molecule has 1 amide bonds. The Hall–Kier alpha value is -1.91. The van der Waals surface area contributed by atoms with Crippen LogP contribution < -0.4 is 5.32 Å². The van der Waals surface area contributed by atoms with Crippen LogP contribution in [0.25, 0.3) is 0 Å². The van der Waals surface area contributed by atoms with Crippen LogP contribution in [0.1, 0.15) is 46.5 Å². The van der Waals surface area contributed by atoms with Gasteiger partial charge in [-0.3, -0.25) is 9.59 Å². The summed E-state index contributed by atoms with van der Waals surface area (Å²) in [5, 5.41) is 11.8. The maximum atomic E-state index is 12.2. The van der Waals surface area contributed by atoms with Crippen molar-refractivity contribution in [1.82, 2.24) is 5.32 Å². The first-order chi connectivity index (χ1) is 10.9. The summed E-state index contributed by atoms with van der Waals surface area (Å²) >= 11 is 0. The summed E-state index contributed by atoms with van der Waals surface area (Å²) in [6, 6.07) is -0.882. The highest BCUT2D eigenvalue weighted by Gasteiger charge is 2.32. The van der Waals surface area contributed by atoms with Gasteiger partial charge in [0, 0.05) is 12.3 Å². The topological polar surface area (TPSA) is 83.5 Å². The number of hydrogen-bond acceptors (Lipinski definition) is 3. The third kappa shape index (κ3) is 5.66. The first-order valence-electron chi connectivity index (χ1n) is 8.29. The molecule has 0 aromatic rings. The minimum atomic E-state index is -1.02. The van der Waals surface area contributed by atoms with Gasteiger partial charge in [-0.2, -0.15) is 0 Å². The monoisotopic (exact) mass is 321 g/mol. The molecule has 0 aromatic heterocycles. The van der Waals surface area contributed by atoms with Crippen LogP contribution in [0.5, 0.6) is 0 Å². The zero-order valence-electron chi connectivity index (χ0n) is 14.1. The zero-order valence-corrected chi connectivity index (χ0v) is 14.1.